The van der Waals surface area contributed by atoms with Crippen molar-refractivity contribution in [3.05, 3.63) is 29.6 Å². The molecule has 2 rings (SSSR count). The molecule has 14 heavy (non-hydrogen) atoms. The van der Waals surface area contributed by atoms with Crippen molar-refractivity contribution in [2.45, 2.75) is 18.4 Å². The zero-order valence-electron chi connectivity index (χ0n) is 7.92. The molecule has 1 fully saturated rings. The monoisotopic (exact) mass is 217 g/mol. The van der Waals surface area contributed by atoms with Crippen molar-refractivity contribution in [2.24, 2.45) is 5.73 Å². The third kappa shape index (κ3) is 1.70. The lowest BCUT2D eigenvalue weighted by atomic mass is 10.1. The van der Waals surface area contributed by atoms with E-state index in [4.69, 9.17) is 10.5 Å². The summed E-state index contributed by atoms with van der Waals surface area (Å²) < 4.78 is 18.5. The van der Waals surface area contributed by atoms with Gasteiger partial charge in [-0.15, -0.1) is 12.4 Å². The van der Waals surface area contributed by atoms with Crippen LogP contribution in [0.4, 0.5) is 4.39 Å². The van der Waals surface area contributed by atoms with E-state index >= 15 is 0 Å². The molecule has 78 valence electrons. The van der Waals surface area contributed by atoms with Crippen molar-refractivity contribution >= 4 is 12.4 Å². The van der Waals surface area contributed by atoms with Gasteiger partial charge in [0, 0.05) is 11.1 Å². The second kappa shape index (κ2) is 3.75. The molecule has 4 heteroatoms. The van der Waals surface area contributed by atoms with Gasteiger partial charge in [0.05, 0.1) is 7.11 Å². The predicted molar refractivity (Wildman–Crippen MR) is 55.3 cm³/mol. The lowest BCUT2D eigenvalue weighted by Crippen LogP contribution is -2.20. The summed E-state index contributed by atoms with van der Waals surface area (Å²) in [4.78, 5) is 0. The SMILES string of the molecule is COc1cccc(C2(N)CC2)c1F.Cl. The largest absolute Gasteiger partial charge is 0.494 e. The zero-order valence-corrected chi connectivity index (χ0v) is 8.73. The van der Waals surface area contributed by atoms with Gasteiger partial charge in [0.25, 0.3) is 0 Å². The number of benzene rings is 1. The Labute approximate surface area is 88.7 Å². The van der Waals surface area contributed by atoms with Crippen LogP contribution in [0.15, 0.2) is 18.2 Å². The molecule has 0 aliphatic heterocycles. The van der Waals surface area contributed by atoms with Gasteiger partial charge in [-0.25, -0.2) is 4.39 Å². The standard InChI is InChI=1S/C10H12FNO.ClH/c1-13-8-4-2-3-7(9(8)11)10(12)5-6-10;/h2-4H,5-6,12H2,1H3;1H. The summed E-state index contributed by atoms with van der Waals surface area (Å²) in [5.74, 6) is -0.0424. The first kappa shape index (κ1) is 11.3. The Bertz CT molecular complexity index is 339. The second-order valence-electron chi connectivity index (χ2n) is 3.48. The molecule has 2 N–H and O–H groups in total. The van der Waals surface area contributed by atoms with Crippen LogP contribution in [-0.2, 0) is 5.54 Å². The van der Waals surface area contributed by atoms with Crippen LogP contribution in [0.1, 0.15) is 18.4 Å². The molecule has 0 bridgehead atoms. The van der Waals surface area contributed by atoms with Crippen LogP contribution in [0, 0.1) is 5.82 Å². The van der Waals surface area contributed by atoms with E-state index in [1.54, 1.807) is 18.2 Å². The minimum atomic E-state index is -0.432. The van der Waals surface area contributed by atoms with E-state index in [0.717, 1.165) is 12.8 Å². The van der Waals surface area contributed by atoms with E-state index in [1.165, 1.54) is 7.11 Å². The highest BCUT2D eigenvalue weighted by atomic mass is 35.5. The van der Waals surface area contributed by atoms with Gasteiger partial charge in [-0.1, -0.05) is 12.1 Å². The van der Waals surface area contributed by atoms with Crippen molar-refractivity contribution in [3.63, 3.8) is 0 Å². The fourth-order valence-corrected chi connectivity index (χ4v) is 1.46. The van der Waals surface area contributed by atoms with Crippen molar-refractivity contribution in [1.82, 2.24) is 0 Å². The molecule has 0 unspecified atom stereocenters. The summed E-state index contributed by atoms with van der Waals surface area (Å²) in [7, 11) is 1.46. The van der Waals surface area contributed by atoms with Crippen LogP contribution in [0.5, 0.6) is 5.75 Å². The number of ether oxygens (including phenoxy) is 1. The molecule has 0 spiro atoms. The quantitative estimate of drug-likeness (QED) is 0.825. The Kier molecular flexibility index (Phi) is 3.02. The number of methoxy groups -OCH3 is 1. The molecule has 1 aliphatic carbocycles. The number of hydrogen-bond donors (Lipinski definition) is 1. The molecule has 0 atom stereocenters. The van der Waals surface area contributed by atoms with Gasteiger partial charge in [-0.3, -0.25) is 0 Å². The van der Waals surface area contributed by atoms with E-state index < -0.39 is 5.54 Å². The summed E-state index contributed by atoms with van der Waals surface area (Å²) in [6.07, 6.45) is 1.72. The summed E-state index contributed by atoms with van der Waals surface area (Å²) in [5, 5.41) is 0. The van der Waals surface area contributed by atoms with Crippen LogP contribution >= 0.6 is 12.4 Å². The highest BCUT2D eigenvalue weighted by Crippen LogP contribution is 2.44. The predicted octanol–water partition coefficient (Wildman–Crippen LogP) is 2.20. The minimum absolute atomic E-state index is 0. The normalized spacial score (nSPS) is 17.1. The van der Waals surface area contributed by atoms with E-state index in [-0.39, 0.29) is 24.0 Å². The number of rotatable bonds is 2. The fourth-order valence-electron chi connectivity index (χ4n) is 1.46. The Hall–Kier alpha value is -0.800. The Balaban J connectivity index is 0.000000980. The highest BCUT2D eigenvalue weighted by molar-refractivity contribution is 5.85. The first-order chi connectivity index (χ1) is 6.17. The van der Waals surface area contributed by atoms with Crippen LogP contribution in [0.2, 0.25) is 0 Å². The van der Waals surface area contributed by atoms with Gasteiger partial charge in [-0.2, -0.15) is 0 Å². The number of halogens is 2. The maximum Gasteiger partial charge on any atom is 0.170 e. The highest BCUT2D eigenvalue weighted by Gasteiger charge is 2.42. The lowest BCUT2D eigenvalue weighted by Gasteiger charge is -2.12. The van der Waals surface area contributed by atoms with Crippen LogP contribution < -0.4 is 10.5 Å². The molecular weight excluding hydrogens is 205 g/mol. The van der Waals surface area contributed by atoms with Crippen molar-refractivity contribution in [3.8, 4) is 5.75 Å². The van der Waals surface area contributed by atoms with Gasteiger partial charge in [0.15, 0.2) is 11.6 Å². The topological polar surface area (TPSA) is 35.2 Å². The Morgan fingerprint density at radius 2 is 2.07 bits per heavy atom. The second-order valence-corrected chi connectivity index (χ2v) is 3.48. The average molecular weight is 218 g/mol. The third-order valence-corrected chi connectivity index (χ3v) is 2.51. The van der Waals surface area contributed by atoms with E-state index in [1.807, 2.05) is 0 Å². The summed E-state index contributed by atoms with van der Waals surface area (Å²) in [6.45, 7) is 0. The molecule has 0 heterocycles. The van der Waals surface area contributed by atoms with Gasteiger partial charge < -0.3 is 10.5 Å². The van der Waals surface area contributed by atoms with Crippen molar-refractivity contribution < 1.29 is 9.13 Å². The van der Waals surface area contributed by atoms with Gasteiger partial charge in [0.2, 0.25) is 0 Å². The van der Waals surface area contributed by atoms with E-state index in [2.05, 4.69) is 0 Å². The summed E-state index contributed by atoms with van der Waals surface area (Å²) >= 11 is 0. The zero-order chi connectivity index (χ0) is 9.47. The maximum atomic E-state index is 13.6. The molecule has 0 amide bonds. The van der Waals surface area contributed by atoms with Crippen LogP contribution in [0.25, 0.3) is 0 Å². The molecule has 1 saturated carbocycles. The molecule has 1 aromatic rings. The number of hydrogen-bond acceptors (Lipinski definition) is 2. The summed E-state index contributed by atoms with van der Waals surface area (Å²) in [6, 6.07) is 5.10. The van der Waals surface area contributed by atoms with E-state index in [0.29, 0.717) is 5.56 Å². The first-order valence-electron chi connectivity index (χ1n) is 4.29. The van der Waals surface area contributed by atoms with Gasteiger partial charge >= 0.3 is 0 Å². The smallest absolute Gasteiger partial charge is 0.170 e. The molecule has 2 nitrogen and oxygen atoms in total. The molecule has 0 radical (unpaired) electrons. The number of nitrogens with two attached hydrogens (primary N) is 1. The fraction of sp³-hybridized carbons (Fsp3) is 0.400. The van der Waals surface area contributed by atoms with Crippen LogP contribution in [-0.4, -0.2) is 7.11 Å². The van der Waals surface area contributed by atoms with Crippen LogP contribution in [0.3, 0.4) is 0 Å². The Morgan fingerprint density at radius 1 is 1.43 bits per heavy atom. The first-order valence-corrected chi connectivity index (χ1v) is 4.29. The van der Waals surface area contributed by atoms with Gasteiger partial charge in [-0.05, 0) is 18.9 Å². The lowest BCUT2D eigenvalue weighted by molar-refractivity contribution is 0.381. The average Bonchev–Trinajstić information content (AvgIpc) is 2.85. The molecule has 0 saturated heterocycles. The van der Waals surface area contributed by atoms with E-state index in [9.17, 15) is 4.39 Å². The maximum absolute atomic E-state index is 13.6. The molecular formula is C10H13ClFNO. The Morgan fingerprint density at radius 3 is 2.57 bits per heavy atom. The summed E-state index contributed by atoms with van der Waals surface area (Å²) in [5.41, 5.74) is 6.04. The third-order valence-electron chi connectivity index (χ3n) is 2.51. The molecule has 1 aliphatic rings. The molecule has 0 aromatic heterocycles. The van der Waals surface area contributed by atoms with Crippen molar-refractivity contribution in [2.75, 3.05) is 7.11 Å². The van der Waals surface area contributed by atoms with Crippen molar-refractivity contribution in [1.29, 1.82) is 0 Å². The van der Waals surface area contributed by atoms with Gasteiger partial charge in [0.1, 0.15) is 0 Å². The minimum Gasteiger partial charge on any atom is -0.494 e. The molecule has 1 aromatic carbocycles.